The van der Waals surface area contributed by atoms with Crippen molar-refractivity contribution < 1.29 is 27.2 Å². The number of rotatable bonds is 3. The number of nitrogens with one attached hydrogen (secondary N) is 2. The molecule has 0 bridgehead atoms. The van der Waals surface area contributed by atoms with Gasteiger partial charge in [0.15, 0.2) is 0 Å². The lowest BCUT2D eigenvalue weighted by Crippen LogP contribution is -2.35. The second kappa shape index (κ2) is 7.12. The lowest BCUT2D eigenvalue weighted by Gasteiger charge is -2.10. The number of anilines is 1. The molecule has 0 aliphatic carbocycles. The standard InChI is InChI=1S/C16H12F4N2O2/c17-12-6-4-10(5-7-12)9-21-14(23)15(24)22-13-3-1-2-11(8-13)16(18,19)20/h1-8H,9H2,(H,21,23)(H,22,24). The highest BCUT2D eigenvalue weighted by atomic mass is 19.4. The zero-order valence-corrected chi connectivity index (χ0v) is 12.2. The molecule has 0 aliphatic heterocycles. The summed E-state index contributed by atoms with van der Waals surface area (Å²) in [5, 5.41) is 4.38. The normalized spacial score (nSPS) is 11.0. The largest absolute Gasteiger partial charge is 0.416 e. The topological polar surface area (TPSA) is 58.2 Å². The summed E-state index contributed by atoms with van der Waals surface area (Å²) in [6.45, 7) is -0.0187. The average Bonchev–Trinajstić information content (AvgIpc) is 2.53. The number of amides is 2. The summed E-state index contributed by atoms with van der Waals surface area (Å²) in [5.74, 6) is -2.56. The van der Waals surface area contributed by atoms with Gasteiger partial charge in [0.05, 0.1) is 5.56 Å². The Bertz CT molecular complexity index is 742. The SMILES string of the molecule is O=C(NCc1ccc(F)cc1)C(=O)Nc1cccc(C(F)(F)F)c1. The van der Waals surface area contributed by atoms with Crippen LogP contribution in [0.2, 0.25) is 0 Å². The second-order valence-electron chi connectivity index (χ2n) is 4.84. The van der Waals surface area contributed by atoms with Crippen molar-refractivity contribution in [2.24, 2.45) is 0 Å². The smallest absolute Gasteiger partial charge is 0.344 e. The van der Waals surface area contributed by atoms with Gasteiger partial charge in [-0.3, -0.25) is 9.59 Å². The van der Waals surface area contributed by atoms with E-state index < -0.39 is 29.4 Å². The van der Waals surface area contributed by atoms with Crippen LogP contribution in [0, 0.1) is 5.82 Å². The van der Waals surface area contributed by atoms with Crippen LogP contribution in [0.25, 0.3) is 0 Å². The fourth-order valence-corrected chi connectivity index (χ4v) is 1.83. The first-order chi connectivity index (χ1) is 11.3. The fourth-order valence-electron chi connectivity index (χ4n) is 1.83. The predicted octanol–water partition coefficient (Wildman–Crippen LogP) is 3.10. The van der Waals surface area contributed by atoms with Crippen LogP contribution in [-0.4, -0.2) is 11.8 Å². The van der Waals surface area contributed by atoms with E-state index in [1.165, 1.54) is 30.3 Å². The zero-order valence-electron chi connectivity index (χ0n) is 12.2. The third-order valence-electron chi connectivity index (χ3n) is 3.02. The van der Waals surface area contributed by atoms with E-state index in [0.717, 1.165) is 18.2 Å². The first kappa shape index (κ1) is 17.5. The third kappa shape index (κ3) is 4.80. The lowest BCUT2D eigenvalue weighted by atomic mass is 10.2. The Morgan fingerprint density at radius 2 is 1.62 bits per heavy atom. The van der Waals surface area contributed by atoms with Gasteiger partial charge in [-0.15, -0.1) is 0 Å². The van der Waals surface area contributed by atoms with Crippen molar-refractivity contribution in [1.29, 1.82) is 0 Å². The molecule has 4 nitrogen and oxygen atoms in total. The Hall–Kier alpha value is -2.90. The molecule has 2 N–H and O–H groups in total. The molecule has 0 fully saturated rings. The summed E-state index contributed by atoms with van der Waals surface area (Å²) in [4.78, 5) is 23.3. The van der Waals surface area contributed by atoms with Crippen molar-refractivity contribution >= 4 is 17.5 Å². The minimum Gasteiger partial charge on any atom is -0.344 e. The summed E-state index contributed by atoms with van der Waals surface area (Å²) in [6.07, 6.45) is -4.55. The maximum absolute atomic E-state index is 12.7. The Labute approximate surface area is 134 Å². The highest BCUT2D eigenvalue weighted by Gasteiger charge is 2.30. The van der Waals surface area contributed by atoms with Gasteiger partial charge in [-0.1, -0.05) is 18.2 Å². The summed E-state index contributed by atoms with van der Waals surface area (Å²) in [5.41, 5.74) is -0.518. The molecule has 8 heteroatoms. The minimum absolute atomic E-state index is 0.0187. The highest BCUT2D eigenvalue weighted by Crippen LogP contribution is 2.30. The van der Waals surface area contributed by atoms with E-state index in [2.05, 4.69) is 10.6 Å². The monoisotopic (exact) mass is 340 g/mol. The van der Waals surface area contributed by atoms with Gasteiger partial charge in [0.1, 0.15) is 5.82 Å². The van der Waals surface area contributed by atoms with E-state index >= 15 is 0 Å². The van der Waals surface area contributed by atoms with Crippen LogP contribution in [0.15, 0.2) is 48.5 Å². The molecule has 0 aromatic heterocycles. The van der Waals surface area contributed by atoms with Crippen molar-refractivity contribution in [3.05, 3.63) is 65.5 Å². The first-order valence-electron chi connectivity index (χ1n) is 6.76. The van der Waals surface area contributed by atoms with Crippen LogP contribution in [0.5, 0.6) is 0 Å². The van der Waals surface area contributed by atoms with Crippen LogP contribution >= 0.6 is 0 Å². The van der Waals surface area contributed by atoms with Gasteiger partial charge >= 0.3 is 18.0 Å². The van der Waals surface area contributed by atoms with Gasteiger partial charge in [-0.2, -0.15) is 13.2 Å². The molecule has 0 radical (unpaired) electrons. The molecule has 24 heavy (non-hydrogen) atoms. The number of benzene rings is 2. The molecule has 0 saturated heterocycles. The van der Waals surface area contributed by atoms with E-state index in [4.69, 9.17) is 0 Å². The number of alkyl halides is 3. The van der Waals surface area contributed by atoms with E-state index in [-0.39, 0.29) is 12.2 Å². The van der Waals surface area contributed by atoms with Crippen LogP contribution in [-0.2, 0) is 22.3 Å². The van der Waals surface area contributed by atoms with Crippen LogP contribution in [0.3, 0.4) is 0 Å². The highest BCUT2D eigenvalue weighted by molar-refractivity contribution is 6.39. The quantitative estimate of drug-likeness (QED) is 0.666. The lowest BCUT2D eigenvalue weighted by molar-refractivity contribution is -0.137. The van der Waals surface area contributed by atoms with Gasteiger partial charge in [0.25, 0.3) is 0 Å². The number of hydrogen-bond donors (Lipinski definition) is 2. The van der Waals surface area contributed by atoms with Gasteiger partial charge in [-0.05, 0) is 35.9 Å². The van der Waals surface area contributed by atoms with Gasteiger partial charge in [0, 0.05) is 12.2 Å². The average molecular weight is 340 g/mol. The molecule has 2 aromatic carbocycles. The molecule has 2 rings (SSSR count). The molecule has 126 valence electrons. The molecule has 2 amide bonds. The number of carbonyl (C=O) groups excluding carboxylic acids is 2. The third-order valence-corrected chi connectivity index (χ3v) is 3.02. The Morgan fingerprint density at radius 1 is 0.958 bits per heavy atom. The molecular weight excluding hydrogens is 328 g/mol. The predicted molar refractivity (Wildman–Crippen MR) is 78.3 cm³/mol. The first-order valence-corrected chi connectivity index (χ1v) is 6.76. The van der Waals surface area contributed by atoms with Crippen LogP contribution in [0.1, 0.15) is 11.1 Å². The van der Waals surface area contributed by atoms with Gasteiger partial charge < -0.3 is 10.6 Å². The Kier molecular flexibility index (Phi) is 5.18. The second-order valence-corrected chi connectivity index (χ2v) is 4.84. The van der Waals surface area contributed by atoms with E-state index in [1.807, 2.05) is 0 Å². The fraction of sp³-hybridized carbons (Fsp3) is 0.125. The molecule has 0 atom stereocenters. The van der Waals surface area contributed by atoms with E-state index in [0.29, 0.717) is 5.56 Å². The number of hydrogen-bond acceptors (Lipinski definition) is 2. The summed E-state index contributed by atoms with van der Waals surface area (Å²) in [7, 11) is 0. The molecule has 2 aromatic rings. The molecular formula is C16H12F4N2O2. The minimum atomic E-state index is -4.55. The molecule has 0 spiro atoms. The van der Waals surface area contributed by atoms with Crippen molar-refractivity contribution in [1.82, 2.24) is 5.32 Å². The molecule has 0 aliphatic rings. The van der Waals surface area contributed by atoms with Gasteiger partial charge in [-0.25, -0.2) is 4.39 Å². The van der Waals surface area contributed by atoms with Gasteiger partial charge in [0.2, 0.25) is 0 Å². The molecule has 0 saturated carbocycles. The van der Waals surface area contributed by atoms with Crippen molar-refractivity contribution in [3.8, 4) is 0 Å². The van der Waals surface area contributed by atoms with Crippen molar-refractivity contribution in [3.63, 3.8) is 0 Å². The Morgan fingerprint density at radius 3 is 2.25 bits per heavy atom. The van der Waals surface area contributed by atoms with Crippen LogP contribution in [0.4, 0.5) is 23.2 Å². The molecule has 0 heterocycles. The summed E-state index contributed by atoms with van der Waals surface area (Å²) >= 11 is 0. The summed E-state index contributed by atoms with van der Waals surface area (Å²) in [6, 6.07) is 9.19. The number of halogens is 4. The zero-order chi connectivity index (χ0) is 17.7. The van der Waals surface area contributed by atoms with Crippen molar-refractivity contribution in [2.45, 2.75) is 12.7 Å². The maximum Gasteiger partial charge on any atom is 0.416 e. The van der Waals surface area contributed by atoms with E-state index in [1.54, 1.807) is 0 Å². The maximum atomic E-state index is 12.7. The molecule has 0 unspecified atom stereocenters. The summed E-state index contributed by atoms with van der Waals surface area (Å²) < 4.78 is 50.5. The van der Waals surface area contributed by atoms with Crippen molar-refractivity contribution in [2.75, 3.05) is 5.32 Å². The number of carbonyl (C=O) groups is 2. The van der Waals surface area contributed by atoms with E-state index in [9.17, 15) is 27.2 Å². The van der Waals surface area contributed by atoms with Crippen LogP contribution < -0.4 is 10.6 Å². The Balaban J connectivity index is 1.94.